The number of carbonyl (C=O) groups is 1. The maximum absolute atomic E-state index is 12.2. The van der Waals surface area contributed by atoms with Gasteiger partial charge >= 0.3 is 6.03 Å². The quantitative estimate of drug-likeness (QED) is 0.840. The first-order chi connectivity index (χ1) is 11.3. The molecule has 1 heterocycles. The molecule has 0 bridgehead atoms. The van der Waals surface area contributed by atoms with Crippen LogP contribution in [-0.2, 0) is 9.84 Å². The SMILES string of the molecule is CCS(=O)(=O)CC(C)N(C)C(=O)Nc1ncn(C2CCCCC2)n1. The van der Waals surface area contributed by atoms with E-state index in [0.29, 0.717) is 6.04 Å². The molecule has 2 rings (SSSR count). The van der Waals surface area contributed by atoms with Crippen LogP contribution in [-0.4, -0.2) is 58.7 Å². The van der Waals surface area contributed by atoms with Gasteiger partial charge in [-0.15, -0.1) is 5.10 Å². The zero-order valence-corrected chi connectivity index (χ0v) is 15.4. The molecule has 1 N–H and O–H groups in total. The molecule has 1 aromatic heterocycles. The third-order valence-electron chi connectivity index (χ3n) is 4.59. The summed E-state index contributed by atoms with van der Waals surface area (Å²) in [6, 6.07) is -0.478. The van der Waals surface area contributed by atoms with Gasteiger partial charge in [-0.05, 0) is 19.8 Å². The molecule has 0 spiro atoms. The van der Waals surface area contributed by atoms with Gasteiger partial charge in [0.15, 0.2) is 9.84 Å². The maximum atomic E-state index is 12.2. The van der Waals surface area contributed by atoms with Crippen molar-refractivity contribution < 1.29 is 13.2 Å². The van der Waals surface area contributed by atoms with E-state index in [2.05, 4.69) is 15.4 Å². The molecule has 2 amide bonds. The van der Waals surface area contributed by atoms with Gasteiger partial charge in [-0.2, -0.15) is 0 Å². The van der Waals surface area contributed by atoms with Crippen molar-refractivity contribution in [2.75, 3.05) is 23.9 Å². The van der Waals surface area contributed by atoms with E-state index in [1.807, 2.05) is 4.68 Å². The van der Waals surface area contributed by atoms with Crippen molar-refractivity contribution in [2.45, 2.75) is 58.0 Å². The Morgan fingerprint density at radius 3 is 2.71 bits per heavy atom. The molecule has 9 heteroatoms. The lowest BCUT2D eigenvalue weighted by atomic mass is 9.96. The number of sulfone groups is 1. The number of nitrogens with one attached hydrogen (secondary N) is 1. The van der Waals surface area contributed by atoms with Crippen molar-refractivity contribution in [2.24, 2.45) is 0 Å². The zero-order valence-electron chi connectivity index (χ0n) is 14.6. The van der Waals surface area contributed by atoms with E-state index in [1.54, 1.807) is 27.2 Å². The van der Waals surface area contributed by atoms with Gasteiger partial charge < -0.3 is 4.90 Å². The van der Waals surface area contributed by atoms with Crippen molar-refractivity contribution in [3.8, 4) is 0 Å². The minimum absolute atomic E-state index is 0.0582. The Bertz CT molecular complexity index is 652. The van der Waals surface area contributed by atoms with Crippen LogP contribution >= 0.6 is 0 Å². The number of aromatic nitrogens is 3. The molecular weight excluding hydrogens is 330 g/mol. The fraction of sp³-hybridized carbons (Fsp3) is 0.800. The van der Waals surface area contributed by atoms with Gasteiger partial charge in [0, 0.05) is 18.8 Å². The normalized spacial score (nSPS) is 17.5. The van der Waals surface area contributed by atoms with Crippen molar-refractivity contribution in [3.05, 3.63) is 6.33 Å². The molecule has 136 valence electrons. The van der Waals surface area contributed by atoms with Gasteiger partial charge in [0.25, 0.3) is 0 Å². The zero-order chi connectivity index (χ0) is 17.7. The van der Waals surface area contributed by atoms with Crippen molar-refractivity contribution in [3.63, 3.8) is 0 Å². The van der Waals surface area contributed by atoms with Crippen LogP contribution in [0.25, 0.3) is 0 Å². The lowest BCUT2D eigenvalue weighted by Gasteiger charge is -2.24. The topological polar surface area (TPSA) is 97.2 Å². The molecule has 0 radical (unpaired) electrons. The molecule has 0 aliphatic heterocycles. The van der Waals surface area contributed by atoms with E-state index in [9.17, 15) is 13.2 Å². The third-order valence-corrected chi connectivity index (χ3v) is 6.46. The summed E-state index contributed by atoms with van der Waals surface area (Å²) in [5.41, 5.74) is 0. The first kappa shape index (κ1) is 18.7. The van der Waals surface area contributed by atoms with E-state index < -0.39 is 21.9 Å². The van der Waals surface area contributed by atoms with E-state index >= 15 is 0 Å². The van der Waals surface area contributed by atoms with Crippen LogP contribution < -0.4 is 5.32 Å². The lowest BCUT2D eigenvalue weighted by Crippen LogP contribution is -2.42. The highest BCUT2D eigenvalue weighted by molar-refractivity contribution is 7.91. The Hall–Kier alpha value is -1.64. The van der Waals surface area contributed by atoms with Gasteiger partial charge in [0.05, 0.1) is 11.8 Å². The molecule has 24 heavy (non-hydrogen) atoms. The number of rotatable bonds is 6. The second-order valence-electron chi connectivity index (χ2n) is 6.43. The summed E-state index contributed by atoms with van der Waals surface area (Å²) in [7, 11) is -1.56. The first-order valence-corrected chi connectivity index (χ1v) is 10.3. The Balaban J connectivity index is 1.92. The van der Waals surface area contributed by atoms with Crippen LogP contribution in [0.2, 0.25) is 0 Å². The number of hydrogen-bond donors (Lipinski definition) is 1. The largest absolute Gasteiger partial charge is 0.324 e. The summed E-state index contributed by atoms with van der Waals surface area (Å²) in [4.78, 5) is 17.8. The number of anilines is 1. The molecule has 1 saturated carbocycles. The van der Waals surface area contributed by atoms with Crippen LogP contribution in [0.1, 0.15) is 52.0 Å². The van der Waals surface area contributed by atoms with Crippen LogP contribution in [0, 0.1) is 0 Å². The Labute approximate surface area is 143 Å². The fourth-order valence-electron chi connectivity index (χ4n) is 2.83. The molecule has 1 aliphatic carbocycles. The summed E-state index contributed by atoms with van der Waals surface area (Å²) >= 11 is 0. The van der Waals surface area contributed by atoms with Crippen LogP contribution in [0.4, 0.5) is 10.7 Å². The molecule has 0 saturated heterocycles. The first-order valence-electron chi connectivity index (χ1n) is 8.47. The predicted octanol–water partition coefficient (Wildman–Crippen LogP) is 2.07. The van der Waals surface area contributed by atoms with Crippen molar-refractivity contribution >= 4 is 21.8 Å². The highest BCUT2D eigenvalue weighted by Crippen LogP contribution is 2.27. The maximum Gasteiger partial charge on any atom is 0.324 e. The van der Waals surface area contributed by atoms with Crippen LogP contribution in [0.3, 0.4) is 0 Å². The fourth-order valence-corrected chi connectivity index (χ4v) is 4.03. The lowest BCUT2D eigenvalue weighted by molar-refractivity contribution is 0.212. The van der Waals surface area contributed by atoms with Crippen LogP contribution in [0.15, 0.2) is 6.33 Å². The predicted molar refractivity (Wildman–Crippen MR) is 92.7 cm³/mol. The molecular formula is C15H27N5O3S. The van der Waals surface area contributed by atoms with Gasteiger partial charge in [-0.3, -0.25) is 5.32 Å². The average molecular weight is 357 g/mol. The second kappa shape index (κ2) is 7.96. The number of nitrogens with zero attached hydrogens (tertiary/aromatic N) is 4. The Kier molecular flexibility index (Phi) is 6.20. The van der Waals surface area contributed by atoms with E-state index in [0.717, 1.165) is 12.8 Å². The molecule has 8 nitrogen and oxygen atoms in total. The number of urea groups is 1. The van der Waals surface area contributed by atoms with Crippen molar-refractivity contribution in [1.82, 2.24) is 19.7 Å². The number of hydrogen-bond acceptors (Lipinski definition) is 5. The minimum atomic E-state index is -3.14. The summed E-state index contributed by atoms with van der Waals surface area (Å²) in [6.07, 6.45) is 7.47. The highest BCUT2D eigenvalue weighted by Gasteiger charge is 2.23. The van der Waals surface area contributed by atoms with Gasteiger partial charge in [0.2, 0.25) is 5.95 Å². The summed E-state index contributed by atoms with van der Waals surface area (Å²) in [5, 5.41) is 6.97. The molecule has 1 fully saturated rings. The summed E-state index contributed by atoms with van der Waals surface area (Å²) in [6.45, 7) is 3.31. The molecule has 0 aromatic carbocycles. The van der Waals surface area contributed by atoms with Gasteiger partial charge in [0.1, 0.15) is 6.33 Å². The van der Waals surface area contributed by atoms with Gasteiger partial charge in [-0.25, -0.2) is 22.9 Å². The van der Waals surface area contributed by atoms with E-state index in [-0.39, 0.29) is 17.5 Å². The summed E-state index contributed by atoms with van der Waals surface area (Å²) < 4.78 is 25.2. The Morgan fingerprint density at radius 2 is 2.08 bits per heavy atom. The smallest absolute Gasteiger partial charge is 0.324 e. The average Bonchev–Trinajstić information content (AvgIpc) is 3.03. The standard InChI is InChI=1S/C15H27N5O3S/c1-4-24(22,23)10-12(2)19(3)15(21)17-14-16-11-20(18-14)13-8-6-5-7-9-13/h11-13H,4-10H2,1-3H3,(H,17,18,21). The van der Waals surface area contributed by atoms with E-state index in [1.165, 1.54) is 24.2 Å². The molecule has 1 aromatic rings. The second-order valence-corrected chi connectivity index (χ2v) is 8.83. The highest BCUT2D eigenvalue weighted by atomic mass is 32.2. The minimum Gasteiger partial charge on any atom is -0.324 e. The summed E-state index contributed by atoms with van der Waals surface area (Å²) in [5.74, 6) is 0.264. The third kappa shape index (κ3) is 4.93. The van der Waals surface area contributed by atoms with Crippen molar-refractivity contribution in [1.29, 1.82) is 0 Å². The van der Waals surface area contributed by atoms with Gasteiger partial charge in [-0.1, -0.05) is 26.2 Å². The number of amides is 2. The Morgan fingerprint density at radius 1 is 1.42 bits per heavy atom. The monoisotopic (exact) mass is 357 g/mol. The van der Waals surface area contributed by atoms with E-state index in [4.69, 9.17) is 0 Å². The molecule has 1 atom stereocenters. The molecule has 1 unspecified atom stereocenters. The molecule has 1 aliphatic rings. The van der Waals surface area contributed by atoms with Crippen LogP contribution in [0.5, 0.6) is 0 Å². The number of carbonyl (C=O) groups excluding carboxylic acids is 1.